The van der Waals surface area contributed by atoms with Crippen LogP contribution in [0.2, 0.25) is 0 Å². The fourth-order valence-electron chi connectivity index (χ4n) is 1.46. The molecule has 0 aliphatic carbocycles. The summed E-state index contributed by atoms with van der Waals surface area (Å²) < 4.78 is 1.83. The molecule has 0 saturated heterocycles. The average Bonchev–Trinajstić information content (AvgIpc) is 2.80. The summed E-state index contributed by atoms with van der Waals surface area (Å²) in [6, 6.07) is 5.87. The summed E-state index contributed by atoms with van der Waals surface area (Å²) in [5, 5.41) is 19.0. The van der Waals surface area contributed by atoms with Gasteiger partial charge in [0.25, 0.3) is 0 Å². The Kier molecular flexibility index (Phi) is 4.83. The molecular weight excluding hydrogens is 346 g/mol. The van der Waals surface area contributed by atoms with Gasteiger partial charge >= 0.3 is 0 Å². The Bertz CT molecular complexity index is 572. The molecule has 0 spiro atoms. The lowest BCUT2D eigenvalue weighted by molar-refractivity contribution is 0.196. The van der Waals surface area contributed by atoms with Gasteiger partial charge in [0, 0.05) is 23.5 Å². The highest BCUT2D eigenvalue weighted by atomic mass is 79.9. The molecule has 1 aromatic carbocycles. The van der Waals surface area contributed by atoms with Crippen LogP contribution in [0.15, 0.2) is 31.9 Å². The number of aliphatic hydroxyl groups excluding tert-OH is 1. The van der Waals surface area contributed by atoms with Crippen LogP contribution in [0.3, 0.4) is 0 Å². The van der Waals surface area contributed by atoms with Crippen LogP contribution in [-0.4, -0.2) is 29.4 Å². The summed E-state index contributed by atoms with van der Waals surface area (Å²) in [7, 11) is 3.88. The molecule has 0 bridgehead atoms. The SMILES string of the molecule is CC(O)c1cc(Br)ccc1Sc1nnc(N(C)C)s1. The van der Waals surface area contributed by atoms with Crippen molar-refractivity contribution < 1.29 is 5.11 Å². The van der Waals surface area contributed by atoms with E-state index in [0.29, 0.717) is 0 Å². The van der Waals surface area contributed by atoms with E-state index in [1.807, 2.05) is 37.2 Å². The largest absolute Gasteiger partial charge is 0.389 e. The zero-order chi connectivity index (χ0) is 14.0. The van der Waals surface area contributed by atoms with Gasteiger partial charge < -0.3 is 10.0 Å². The van der Waals surface area contributed by atoms with Crippen LogP contribution < -0.4 is 4.90 Å². The van der Waals surface area contributed by atoms with E-state index in [4.69, 9.17) is 0 Å². The normalized spacial score (nSPS) is 12.5. The molecule has 1 unspecified atom stereocenters. The van der Waals surface area contributed by atoms with E-state index < -0.39 is 6.10 Å². The molecule has 1 atom stereocenters. The van der Waals surface area contributed by atoms with Gasteiger partial charge in [-0.1, -0.05) is 39.0 Å². The Labute approximate surface area is 129 Å². The van der Waals surface area contributed by atoms with Gasteiger partial charge in [-0.15, -0.1) is 10.2 Å². The Hall–Kier alpha value is -0.630. The second-order valence-corrected chi connectivity index (χ2v) is 7.37. The maximum atomic E-state index is 9.83. The second kappa shape index (κ2) is 6.21. The molecule has 7 heteroatoms. The standard InChI is InChI=1S/C12H14BrN3OS2/c1-7(17)9-6-8(13)4-5-10(9)18-12-15-14-11(19-12)16(2)3/h4-7,17H,1-3H3. The van der Waals surface area contributed by atoms with Gasteiger partial charge in [-0.25, -0.2) is 0 Å². The van der Waals surface area contributed by atoms with Crippen molar-refractivity contribution in [2.45, 2.75) is 22.3 Å². The quantitative estimate of drug-likeness (QED) is 0.903. The molecule has 2 aromatic rings. The van der Waals surface area contributed by atoms with Gasteiger partial charge in [0.05, 0.1) is 6.10 Å². The number of aliphatic hydroxyl groups is 1. The van der Waals surface area contributed by atoms with Crippen molar-refractivity contribution in [3.8, 4) is 0 Å². The molecule has 1 heterocycles. The number of halogens is 1. The zero-order valence-electron chi connectivity index (χ0n) is 10.8. The number of aromatic nitrogens is 2. The fourth-order valence-corrected chi connectivity index (χ4v) is 3.75. The summed E-state index contributed by atoms with van der Waals surface area (Å²) in [4.78, 5) is 2.93. The zero-order valence-corrected chi connectivity index (χ0v) is 14.0. The molecule has 2 rings (SSSR count). The molecule has 4 nitrogen and oxygen atoms in total. The summed E-state index contributed by atoms with van der Waals surface area (Å²) in [6.07, 6.45) is -0.513. The monoisotopic (exact) mass is 359 g/mol. The van der Waals surface area contributed by atoms with Gasteiger partial charge in [0.2, 0.25) is 5.13 Å². The first-order chi connectivity index (χ1) is 8.97. The van der Waals surface area contributed by atoms with E-state index in [1.165, 1.54) is 23.1 Å². The highest BCUT2D eigenvalue weighted by Crippen LogP contribution is 2.37. The molecule has 1 aromatic heterocycles. The van der Waals surface area contributed by atoms with Crippen molar-refractivity contribution in [2.24, 2.45) is 0 Å². The van der Waals surface area contributed by atoms with Crippen molar-refractivity contribution in [3.05, 3.63) is 28.2 Å². The van der Waals surface area contributed by atoms with E-state index >= 15 is 0 Å². The van der Waals surface area contributed by atoms with Crippen LogP contribution in [-0.2, 0) is 0 Å². The molecule has 0 aliphatic rings. The highest BCUT2D eigenvalue weighted by molar-refractivity contribution is 9.10. The predicted octanol–water partition coefficient (Wildman–Crippen LogP) is 3.57. The number of hydrogen-bond donors (Lipinski definition) is 1. The van der Waals surface area contributed by atoms with Gasteiger partial charge in [0.1, 0.15) is 0 Å². The smallest absolute Gasteiger partial charge is 0.208 e. The molecule has 0 saturated carbocycles. The van der Waals surface area contributed by atoms with Crippen LogP contribution >= 0.6 is 39.0 Å². The third kappa shape index (κ3) is 3.68. The first-order valence-electron chi connectivity index (χ1n) is 5.63. The third-order valence-electron chi connectivity index (χ3n) is 2.40. The van der Waals surface area contributed by atoms with Crippen molar-refractivity contribution >= 4 is 44.2 Å². The first kappa shape index (κ1) is 14.8. The fraction of sp³-hybridized carbons (Fsp3) is 0.333. The van der Waals surface area contributed by atoms with Crippen LogP contribution in [0.4, 0.5) is 5.13 Å². The Morgan fingerprint density at radius 3 is 2.68 bits per heavy atom. The van der Waals surface area contributed by atoms with Gasteiger partial charge in [0.15, 0.2) is 4.34 Å². The molecule has 0 radical (unpaired) electrons. The van der Waals surface area contributed by atoms with Crippen LogP contribution in [0.5, 0.6) is 0 Å². The van der Waals surface area contributed by atoms with Crippen molar-refractivity contribution in [2.75, 3.05) is 19.0 Å². The molecule has 19 heavy (non-hydrogen) atoms. The molecule has 1 N–H and O–H groups in total. The average molecular weight is 360 g/mol. The van der Waals surface area contributed by atoms with E-state index in [-0.39, 0.29) is 0 Å². The molecule has 0 aliphatic heterocycles. The molecule has 0 amide bonds. The number of anilines is 1. The van der Waals surface area contributed by atoms with Crippen molar-refractivity contribution in [1.82, 2.24) is 10.2 Å². The third-order valence-corrected chi connectivity index (χ3v) is 5.12. The number of rotatable bonds is 4. The summed E-state index contributed by atoms with van der Waals surface area (Å²) >= 11 is 6.48. The predicted molar refractivity (Wildman–Crippen MR) is 83.1 cm³/mol. The first-order valence-corrected chi connectivity index (χ1v) is 8.06. The van der Waals surface area contributed by atoms with Crippen LogP contribution in [0.1, 0.15) is 18.6 Å². The van der Waals surface area contributed by atoms with E-state index in [1.54, 1.807) is 6.92 Å². The lowest BCUT2D eigenvalue weighted by atomic mass is 10.1. The van der Waals surface area contributed by atoms with Gasteiger partial charge in [-0.05, 0) is 30.7 Å². The van der Waals surface area contributed by atoms with E-state index in [2.05, 4.69) is 26.1 Å². The Balaban J connectivity index is 2.27. The summed E-state index contributed by atoms with van der Waals surface area (Å²) in [5.41, 5.74) is 0.890. The second-order valence-electron chi connectivity index (χ2n) is 4.21. The molecule has 102 valence electrons. The van der Waals surface area contributed by atoms with Gasteiger partial charge in [-0.2, -0.15) is 0 Å². The Morgan fingerprint density at radius 2 is 2.11 bits per heavy atom. The topological polar surface area (TPSA) is 49.3 Å². The minimum Gasteiger partial charge on any atom is -0.389 e. The molecular formula is C12H14BrN3OS2. The highest BCUT2D eigenvalue weighted by Gasteiger charge is 2.13. The number of nitrogens with zero attached hydrogens (tertiary/aromatic N) is 3. The Morgan fingerprint density at radius 1 is 1.37 bits per heavy atom. The minimum atomic E-state index is -0.513. The van der Waals surface area contributed by atoms with Crippen LogP contribution in [0.25, 0.3) is 0 Å². The lowest BCUT2D eigenvalue weighted by Gasteiger charge is -2.10. The number of benzene rings is 1. The van der Waals surface area contributed by atoms with Gasteiger partial charge in [-0.3, -0.25) is 0 Å². The minimum absolute atomic E-state index is 0.513. The van der Waals surface area contributed by atoms with E-state index in [0.717, 1.165) is 24.4 Å². The number of hydrogen-bond acceptors (Lipinski definition) is 6. The van der Waals surface area contributed by atoms with Crippen LogP contribution in [0, 0.1) is 0 Å². The van der Waals surface area contributed by atoms with Crippen molar-refractivity contribution in [3.63, 3.8) is 0 Å². The summed E-state index contributed by atoms with van der Waals surface area (Å²) in [6.45, 7) is 1.76. The summed E-state index contributed by atoms with van der Waals surface area (Å²) in [5.74, 6) is 0. The van der Waals surface area contributed by atoms with E-state index in [9.17, 15) is 5.11 Å². The van der Waals surface area contributed by atoms with Crippen molar-refractivity contribution in [1.29, 1.82) is 0 Å². The molecule has 0 fully saturated rings. The lowest BCUT2D eigenvalue weighted by Crippen LogP contribution is -2.07. The maximum absolute atomic E-state index is 9.83. The maximum Gasteiger partial charge on any atom is 0.208 e.